The number of esters is 1. The quantitative estimate of drug-likeness (QED) is 0.672. The lowest BCUT2D eigenvalue weighted by molar-refractivity contribution is -0.141. The largest absolute Gasteiger partial charge is 0.464 e. The van der Waals surface area contributed by atoms with Crippen LogP contribution in [0, 0.1) is 0 Å². The van der Waals surface area contributed by atoms with E-state index in [9.17, 15) is 9.59 Å². The average Bonchev–Trinajstić information content (AvgIpc) is 2.97. The van der Waals surface area contributed by atoms with E-state index in [1.54, 1.807) is 17.1 Å². The molecular weight excluding hydrogens is 346 g/mol. The van der Waals surface area contributed by atoms with Crippen LogP contribution in [0.3, 0.4) is 0 Å². The van der Waals surface area contributed by atoms with E-state index in [0.717, 1.165) is 28.6 Å². The number of pyridine rings is 2. The molecular formula is C19H21N5O3. The predicted octanol–water partition coefficient (Wildman–Crippen LogP) is 2.58. The number of hydrogen-bond acceptors (Lipinski definition) is 6. The molecule has 0 aliphatic carbocycles. The van der Waals surface area contributed by atoms with Gasteiger partial charge in [0.2, 0.25) is 5.91 Å². The summed E-state index contributed by atoms with van der Waals surface area (Å²) < 4.78 is 6.66. The Morgan fingerprint density at radius 2 is 2.11 bits per heavy atom. The van der Waals surface area contributed by atoms with E-state index in [4.69, 9.17) is 9.72 Å². The zero-order valence-electron chi connectivity index (χ0n) is 15.5. The van der Waals surface area contributed by atoms with Gasteiger partial charge in [-0.05, 0) is 18.6 Å². The number of ether oxygens (including phenoxy) is 1. The third-order valence-corrected chi connectivity index (χ3v) is 4.01. The van der Waals surface area contributed by atoms with Crippen LogP contribution in [0.5, 0.6) is 0 Å². The first kappa shape index (κ1) is 18.5. The number of fused-ring (bicyclic) bond motifs is 1. The highest BCUT2D eigenvalue weighted by molar-refractivity contribution is 5.99. The molecule has 0 unspecified atom stereocenters. The van der Waals surface area contributed by atoms with Gasteiger partial charge in [-0.2, -0.15) is 5.10 Å². The van der Waals surface area contributed by atoms with Crippen LogP contribution in [0.4, 0.5) is 5.82 Å². The van der Waals surface area contributed by atoms with Crippen molar-refractivity contribution < 1.29 is 14.3 Å². The van der Waals surface area contributed by atoms with E-state index in [-0.39, 0.29) is 18.5 Å². The predicted molar refractivity (Wildman–Crippen MR) is 101 cm³/mol. The molecule has 3 aromatic heterocycles. The summed E-state index contributed by atoms with van der Waals surface area (Å²) in [5.74, 6) is -0.140. The molecule has 0 aliphatic rings. The van der Waals surface area contributed by atoms with Gasteiger partial charge in [-0.3, -0.25) is 14.6 Å². The van der Waals surface area contributed by atoms with Gasteiger partial charge in [0.05, 0.1) is 17.6 Å². The van der Waals surface area contributed by atoms with Crippen molar-refractivity contribution in [1.29, 1.82) is 0 Å². The van der Waals surface area contributed by atoms with Gasteiger partial charge in [-0.25, -0.2) is 9.67 Å². The SMILES string of the molecule is CCc1nc2c(cc1-c1cccnc1)c(NC(C)=O)nn2CCOC(C)=O. The van der Waals surface area contributed by atoms with Crippen LogP contribution in [-0.4, -0.2) is 38.2 Å². The van der Waals surface area contributed by atoms with E-state index in [2.05, 4.69) is 15.4 Å². The second-order valence-corrected chi connectivity index (χ2v) is 6.04. The summed E-state index contributed by atoms with van der Waals surface area (Å²) in [7, 11) is 0. The highest BCUT2D eigenvalue weighted by Crippen LogP contribution is 2.30. The summed E-state index contributed by atoms with van der Waals surface area (Å²) in [6, 6.07) is 5.81. The van der Waals surface area contributed by atoms with Gasteiger partial charge in [-0.1, -0.05) is 13.0 Å². The fraction of sp³-hybridized carbons (Fsp3) is 0.316. The molecule has 0 spiro atoms. The Bertz CT molecular complexity index is 982. The smallest absolute Gasteiger partial charge is 0.302 e. The Morgan fingerprint density at radius 1 is 1.30 bits per heavy atom. The number of anilines is 1. The standard InChI is InChI=1S/C19H21N5O3/c1-4-17-15(14-6-5-7-20-11-14)10-16-18(21-12(2)25)23-24(19(16)22-17)8-9-27-13(3)26/h5-7,10-11H,4,8-9H2,1-3H3,(H,21,23,25). The molecule has 8 heteroatoms. The van der Waals surface area contributed by atoms with Gasteiger partial charge in [0, 0.05) is 37.4 Å². The van der Waals surface area contributed by atoms with Gasteiger partial charge in [0.25, 0.3) is 0 Å². The highest BCUT2D eigenvalue weighted by atomic mass is 16.5. The lowest BCUT2D eigenvalue weighted by Crippen LogP contribution is -2.11. The molecule has 1 N–H and O–H groups in total. The summed E-state index contributed by atoms with van der Waals surface area (Å²) in [6.45, 7) is 5.34. The first-order valence-electron chi connectivity index (χ1n) is 8.71. The van der Waals surface area contributed by atoms with Crippen molar-refractivity contribution in [3.63, 3.8) is 0 Å². The Morgan fingerprint density at radius 3 is 2.74 bits per heavy atom. The molecule has 0 bridgehead atoms. The first-order valence-corrected chi connectivity index (χ1v) is 8.71. The van der Waals surface area contributed by atoms with E-state index in [1.165, 1.54) is 13.8 Å². The summed E-state index contributed by atoms with van der Waals surface area (Å²) in [4.78, 5) is 31.6. The number of carbonyl (C=O) groups excluding carboxylic acids is 2. The van der Waals surface area contributed by atoms with Crippen molar-refractivity contribution in [2.75, 3.05) is 11.9 Å². The molecule has 0 atom stereocenters. The second kappa shape index (κ2) is 7.94. The monoisotopic (exact) mass is 367 g/mol. The number of amides is 1. The summed E-state index contributed by atoms with van der Waals surface area (Å²) in [5.41, 5.74) is 3.43. The van der Waals surface area contributed by atoms with Gasteiger partial charge < -0.3 is 10.1 Å². The molecule has 3 heterocycles. The lowest BCUT2D eigenvalue weighted by Gasteiger charge is -2.09. The molecule has 0 fully saturated rings. The van der Waals surface area contributed by atoms with Crippen LogP contribution in [0.15, 0.2) is 30.6 Å². The van der Waals surface area contributed by atoms with Gasteiger partial charge in [-0.15, -0.1) is 0 Å². The van der Waals surface area contributed by atoms with Gasteiger partial charge >= 0.3 is 5.97 Å². The van der Waals surface area contributed by atoms with Crippen LogP contribution in [0.2, 0.25) is 0 Å². The maximum Gasteiger partial charge on any atom is 0.302 e. The molecule has 0 radical (unpaired) electrons. The normalized spacial score (nSPS) is 10.8. The lowest BCUT2D eigenvalue weighted by atomic mass is 10.0. The minimum absolute atomic E-state index is 0.180. The number of hydrogen-bond donors (Lipinski definition) is 1. The van der Waals surface area contributed by atoms with Gasteiger partial charge in [0.15, 0.2) is 11.5 Å². The van der Waals surface area contributed by atoms with Crippen LogP contribution >= 0.6 is 0 Å². The van der Waals surface area contributed by atoms with Crippen LogP contribution < -0.4 is 5.32 Å². The Balaban J connectivity index is 2.12. The van der Waals surface area contributed by atoms with Gasteiger partial charge in [0.1, 0.15) is 6.61 Å². The van der Waals surface area contributed by atoms with Crippen molar-refractivity contribution in [3.8, 4) is 11.1 Å². The van der Waals surface area contributed by atoms with Crippen molar-refractivity contribution in [1.82, 2.24) is 19.7 Å². The number of rotatable bonds is 6. The van der Waals surface area contributed by atoms with Crippen molar-refractivity contribution in [3.05, 3.63) is 36.3 Å². The second-order valence-electron chi connectivity index (χ2n) is 6.04. The molecule has 1 amide bonds. The summed E-state index contributed by atoms with van der Waals surface area (Å²) in [6.07, 6.45) is 4.23. The maximum atomic E-state index is 11.6. The zero-order valence-corrected chi connectivity index (χ0v) is 15.5. The van der Waals surface area contributed by atoms with E-state index in [0.29, 0.717) is 18.0 Å². The number of carbonyl (C=O) groups is 2. The zero-order chi connectivity index (χ0) is 19.4. The van der Waals surface area contributed by atoms with E-state index in [1.807, 2.05) is 25.1 Å². The summed E-state index contributed by atoms with van der Waals surface area (Å²) in [5, 5.41) is 7.93. The number of aromatic nitrogens is 4. The highest BCUT2D eigenvalue weighted by Gasteiger charge is 2.17. The average molecular weight is 367 g/mol. The van der Waals surface area contributed by atoms with Crippen molar-refractivity contribution in [2.45, 2.75) is 33.7 Å². The Hall–Kier alpha value is -3.29. The molecule has 27 heavy (non-hydrogen) atoms. The molecule has 3 rings (SSSR count). The minimum atomic E-state index is -0.352. The van der Waals surface area contributed by atoms with Crippen LogP contribution in [-0.2, 0) is 27.3 Å². The molecule has 140 valence electrons. The number of nitrogens with zero attached hydrogens (tertiary/aromatic N) is 4. The third kappa shape index (κ3) is 4.11. The van der Waals surface area contributed by atoms with Crippen molar-refractivity contribution >= 4 is 28.7 Å². The minimum Gasteiger partial charge on any atom is -0.464 e. The molecule has 0 saturated carbocycles. The van der Waals surface area contributed by atoms with E-state index >= 15 is 0 Å². The molecule has 0 aromatic carbocycles. The maximum absolute atomic E-state index is 11.6. The van der Waals surface area contributed by atoms with Crippen molar-refractivity contribution in [2.24, 2.45) is 0 Å². The first-order chi connectivity index (χ1) is 13.0. The fourth-order valence-electron chi connectivity index (χ4n) is 2.87. The van der Waals surface area contributed by atoms with Crippen LogP contribution in [0.1, 0.15) is 26.5 Å². The number of nitrogens with one attached hydrogen (secondary N) is 1. The molecule has 8 nitrogen and oxygen atoms in total. The summed E-state index contributed by atoms with van der Waals surface area (Å²) >= 11 is 0. The Kier molecular flexibility index (Phi) is 5.44. The molecule has 0 saturated heterocycles. The third-order valence-electron chi connectivity index (χ3n) is 4.01. The van der Waals surface area contributed by atoms with E-state index < -0.39 is 0 Å². The molecule has 3 aromatic rings. The van der Waals surface area contributed by atoms with Crippen LogP contribution in [0.25, 0.3) is 22.2 Å². The fourth-order valence-corrected chi connectivity index (χ4v) is 2.87. The Labute approximate surface area is 156 Å². The molecule has 0 aliphatic heterocycles. The number of aryl methyl sites for hydroxylation is 1. The topological polar surface area (TPSA) is 99.0 Å².